The molecule has 1 aromatic rings. The molecule has 2 heterocycles. The Morgan fingerprint density at radius 1 is 1.29 bits per heavy atom. The van der Waals surface area contributed by atoms with Crippen molar-refractivity contribution in [2.24, 2.45) is 11.7 Å². The molecule has 1 amide bonds. The molecule has 0 saturated carbocycles. The van der Waals surface area contributed by atoms with Crippen LogP contribution < -0.4 is 11.1 Å². The maximum atomic E-state index is 12.2. The molecule has 4 heteroatoms. The van der Waals surface area contributed by atoms with Gasteiger partial charge in [-0.25, -0.2) is 0 Å². The summed E-state index contributed by atoms with van der Waals surface area (Å²) in [6.07, 6.45) is 5.03. The van der Waals surface area contributed by atoms with E-state index in [9.17, 15) is 4.79 Å². The van der Waals surface area contributed by atoms with Gasteiger partial charge in [-0.15, -0.1) is 0 Å². The number of hydrogen-bond donors (Lipinski definition) is 2. The van der Waals surface area contributed by atoms with Crippen LogP contribution in [0, 0.1) is 5.92 Å². The van der Waals surface area contributed by atoms with Crippen molar-refractivity contribution >= 4 is 5.91 Å². The molecule has 2 saturated heterocycles. The van der Waals surface area contributed by atoms with Gasteiger partial charge in [-0.1, -0.05) is 30.3 Å². The fourth-order valence-corrected chi connectivity index (χ4v) is 3.86. The molecular formula is C17H25N3O. The molecule has 2 unspecified atom stereocenters. The van der Waals surface area contributed by atoms with Gasteiger partial charge in [0.25, 0.3) is 0 Å². The summed E-state index contributed by atoms with van der Waals surface area (Å²) in [4.78, 5) is 14.7. The molecule has 1 aromatic carbocycles. The van der Waals surface area contributed by atoms with Gasteiger partial charge in [0.15, 0.2) is 0 Å². The van der Waals surface area contributed by atoms with Crippen LogP contribution in [0.15, 0.2) is 30.3 Å². The topological polar surface area (TPSA) is 58.4 Å². The monoisotopic (exact) mass is 287 g/mol. The Kier molecular flexibility index (Phi) is 4.27. The maximum absolute atomic E-state index is 12.2. The minimum atomic E-state index is -0.561. The zero-order valence-electron chi connectivity index (χ0n) is 12.7. The lowest BCUT2D eigenvalue weighted by Gasteiger charge is -2.36. The van der Waals surface area contributed by atoms with Crippen LogP contribution >= 0.6 is 0 Å². The molecule has 2 aliphatic rings. The molecule has 0 aromatic heterocycles. The summed E-state index contributed by atoms with van der Waals surface area (Å²) in [6, 6.07) is 10.4. The first-order chi connectivity index (χ1) is 10.1. The van der Waals surface area contributed by atoms with Gasteiger partial charge in [0.2, 0.25) is 5.91 Å². The molecule has 0 aliphatic carbocycles. The smallest absolute Gasteiger partial charge is 0.241 e. The standard InChI is InChI=1S/C17H25N3O/c1-20-14-7-8-15(20)10-12(9-14)11-19-17(21)16(18)13-5-3-2-4-6-13/h2-6,12,14-16H,7-11,18H2,1H3,(H,19,21)/t12?,14?,15?,16-/m1/s1. The third-order valence-corrected chi connectivity index (χ3v) is 5.20. The van der Waals surface area contributed by atoms with E-state index >= 15 is 0 Å². The van der Waals surface area contributed by atoms with Gasteiger partial charge in [-0.2, -0.15) is 0 Å². The number of nitrogens with one attached hydrogen (secondary N) is 1. The van der Waals surface area contributed by atoms with E-state index in [1.165, 1.54) is 25.7 Å². The SMILES string of the molecule is CN1C2CCC1CC(CNC(=O)[C@H](N)c1ccccc1)C2. The molecule has 3 N–H and O–H groups in total. The second-order valence-corrected chi connectivity index (χ2v) is 6.52. The average Bonchev–Trinajstić information content (AvgIpc) is 2.75. The van der Waals surface area contributed by atoms with Crippen LogP contribution in [0.5, 0.6) is 0 Å². The maximum Gasteiger partial charge on any atom is 0.241 e. The number of rotatable bonds is 4. The fraction of sp³-hybridized carbons (Fsp3) is 0.588. The average molecular weight is 287 g/mol. The van der Waals surface area contributed by atoms with Crippen molar-refractivity contribution in [2.75, 3.05) is 13.6 Å². The Balaban J connectivity index is 1.50. The van der Waals surface area contributed by atoms with Crippen LogP contribution in [0.3, 0.4) is 0 Å². The highest BCUT2D eigenvalue weighted by molar-refractivity contribution is 5.82. The van der Waals surface area contributed by atoms with E-state index in [0.717, 1.165) is 12.1 Å². The van der Waals surface area contributed by atoms with Gasteiger partial charge in [0.1, 0.15) is 6.04 Å². The Hall–Kier alpha value is -1.39. The fourth-order valence-electron chi connectivity index (χ4n) is 3.86. The number of hydrogen-bond acceptors (Lipinski definition) is 3. The molecule has 3 atom stereocenters. The second kappa shape index (κ2) is 6.16. The molecule has 0 spiro atoms. The zero-order chi connectivity index (χ0) is 14.8. The van der Waals surface area contributed by atoms with Crippen molar-refractivity contribution in [2.45, 2.75) is 43.8 Å². The minimum absolute atomic E-state index is 0.0625. The summed E-state index contributed by atoms with van der Waals surface area (Å²) in [6.45, 7) is 0.764. The zero-order valence-corrected chi connectivity index (χ0v) is 12.7. The van der Waals surface area contributed by atoms with Gasteiger partial charge in [0, 0.05) is 18.6 Å². The molecule has 21 heavy (non-hydrogen) atoms. The van der Waals surface area contributed by atoms with Gasteiger partial charge in [0.05, 0.1) is 0 Å². The third kappa shape index (κ3) is 3.11. The van der Waals surface area contributed by atoms with Crippen LogP contribution in [0.25, 0.3) is 0 Å². The van der Waals surface area contributed by atoms with Crippen molar-refractivity contribution in [3.8, 4) is 0 Å². The van der Waals surface area contributed by atoms with E-state index in [-0.39, 0.29) is 5.91 Å². The van der Waals surface area contributed by atoms with E-state index < -0.39 is 6.04 Å². The lowest BCUT2D eigenvalue weighted by Crippen LogP contribution is -2.44. The molecule has 114 valence electrons. The summed E-state index contributed by atoms with van der Waals surface area (Å²) in [5, 5.41) is 3.05. The van der Waals surface area contributed by atoms with Gasteiger partial charge >= 0.3 is 0 Å². The first-order valence-electron chi connectivity index (χ1n) is 7.95. The van der Waals surface area contributed by atoms with Crippen molar-refractivity contribution in [3.05, 3.63) is 35.9 Å². The Labute approximate surface area is 126 Å². The van der Waals surface area contributed by atoms with E-state index in [2.05, 4.69) is 17.3 Å². The van der Waals surface area contributed by atoms with Crippen LogP contribution in [0.2, 0.25) is 0 Å². The second-order valence-electron chi connectivity index (χ2n) is 6.52. The Bertz CT molecular complexity index is 476. The molecular weight excluding hydrogens is 262 g/mol. The predicted octanol–water partition coefficient (Wildman–Crippen LogP) is 1.68. The van der Waals surface area contributed by atoms with E-state index in [4.69, 9.17) is 5.73 Å². The summed E-state index contributed by atoms with van der Waals surface area (Å²) < 4.78 is 0. The highest BCUT2D eigenvalue weighted by atomic mass is 16.2. The molecule has 0 radical (unpaired) electrons. The number of amides is 1. The van der Waals surface area contributed by atoms with Crippen LogP contribution in [-0.2, 0) is 4.79 Å². The summed E-state index contributed by atoms with van der Waals surface area (Å²) in [5.41, 5.74) is 6.90. The first kappa shape index (κ1) is 14.5. The number of fused-ring (bicyclic) bond motifs is 2. The van der Waals surface area contributed by atoms with Crippen molar-refractivity contribution in [1.29, 1.82) is 0 Å². The molecule has 3 rings (SSSR count). The Morgan fingerprint density at radius 3 is 2.52 bits per heavy atom. The highest BCUT2D eigenvalue weighted by Gasteiger charge is 2.38. The normalized spacial score (nSPS) is 30.1. The number of nitrogens with two attached hydrogens (primary N) is 1. The number of carbonyl (C=O) groups is 1. The lowest BCUT2D eigenvalue weighted by molar-refractivity contribution is -0.122. The van der Waals surface area contributed by atoms with E-state index in [1.54, 1.807) is 0 Å². The molecule has 4 nitrogen and oxygen atoms in total. The summed E-state index contributed by atoms with van der Waals surface area (Å²) in [5.74, 6) is 0.540. The van der Waals surface area contributed by atoms with Gasteiger partial charge < -0.3 is 16.0 Å². The van der Waals surface area contributed by atoms with E-state index in [1.807, 2.05) is 30.3 Å². The molecule has 2 bridgehead atoms. The van der Waals surface area contributed by atoms with Gasteiger partial charge in [-0.3, -0.25) is 4.79 Å². The predicted molar refractivity (Wildman–Crippen MR) is 83.7 cm³/mol. The molecule has 2 fully saturated rings. The van der Waals surface area contributed by atoms with Crippen LogP contribution in [0.1, 0.15) is 37.3 Å². The molecule has 2 aliphatic heterocycles. The summed E-state index contributed by atoms with van der Waals surface area (Å²) in [7, 11) is 2.24. The highest BCUT2D eigenvalue weighted by Crippen LogP contribution is 2.37. The largest absolute Gasteiger partial charge is 0.354 e. The number of benzene rings is 1. The van der Waals surface area contributed by atoms with Crippen molar-refractivity contribution in [3.63, 3.8) is 0 Å². The van der Waals surface area contributed by atoms with Crippen LogP contribution in [0.4, 0.5) is 0 Å². The summed E-state index contributed by atoms with van der Waals surface area (Å²) >= 11 is 0. The number of carbonyl (C=O) groups excluding carboxylic acids is 1. The number of piperidine rings is 1. The van der Waals surface area contributed by atoms with E-state index in [0.29, 0.717) is 18.0 Å². The lowest BCUT2D eigenvalue weighted by atomic mass is 9.91. The Morgan fingerprint density at radius 2 is 1.90 bits per heavy atom. The van der Waals surface area contributed by atoms with Crippen LogP contribution in [-0.4, -0.2) is 36.5 Å². The minimum Gasteiger partial charge on any atom is -0.354 e. The first-order valence-corrected chi connectivity index (χ1v) is 7.95. The van der Waals surface area contributed by atoms with Crippen molar-refractivity contribution < 1.29 is 4.79 Å². The quantitative estimate of drug-likeness (QED) is 0.886. The van der Waals surface area contributed by atoms with Crippen molar-refractivity contribution in [1.82, 2.24) is 10.2 Å². The van der Waals surface area contributed by atoms with Gasteiger partial charge in [-0.05, 0) is 44.2 Å². The number of nitrogens with zero attached hydrogens (tertiary/aromatic N) is 1. The third-order valence-electron chi connectivity index (χ3n) is 5.20.